The van der Waals surface area contributed by atoms with Crippen LogP contribution in [0.25, 0.3) is 11.0 Å². The Bertz CT molecular complexity index is 580. The van der Waals surface area contributed by atoms with Gasteiger partial charge in [-0.1, -0.05) is 22.4 Å². The summed E-state index contributed by atoms with van der Waals surface area (Å²) in [4.78, 5) is 14.7. The number of imidazole rings is 1. The fraction of sp³-hybridized carbons (Fsp3) is 0.417. The van der Waals surface area contributed by atoms with Crippen molar-refractivity contribution in [1.29, 1.82) is 0 Å². The van der Waals surface area contributed by atoms with Gasteiger partial charge in [0.25, 0.3) is 0 Å². The van der Waals surface area contributed by atoms with Crippen LogP contribution < -0.4 is 5.69 Å². The summed E-state index contributed by atoms with van der Waals surface area (Å²) < 4.78 is 2.86. The van der Waals surface area contributed by atoms with E-state index in [0.717, 1.165) is 22.1 Å². The fourth-order valence-electron chi connectivity index (χ4n) is 2.25. The molecule has 1 heterocycles. The Labute approximate surface area is 102 Å². The first kappa shape index (κ1) is 10.1. The van der Waals surface area contributed by atoms with Crippen LogP contribution >= 0.6 is 15.9 Å². The van der Waals surface area contributed by atoms with Crippen LogP contribution in [0.1, 0.15) is 19.3 Å². The molecule has 4 heteroatoms. The number of nitrogens with zero attached hydrogens (tertiary/aromatic N) is 1. The highest BCUT2D eigenvalue weighted by molar-refractivity contribution is 9.10. The van der Waals surface area contributed by atoms with Crippen LogP contribution in [-0.2, 0) is 6.54 Å². The lowest BCUT2D eigenvalue weighted by molar-refractivity contribution is 0.277. The lowest BCUT2D eigenvalue weighted by atomic mass is 9.85. The Balaban J connectivity index is 2.08. The van der Waals surface area contributed by atoms with Gasteiger partial charge >= 0.3 is 5.69 Å². The smallest absolute Gasteiger partial charge is 0.305 e. The van der Waals surface area contributed by atoms with Gasteiger partial charge < -0.3 is 4.98 Å². The standard InChI is InChI=1S/C12H13BrN2O/c13-9-4-5-11-10(6-9)14-12(16)15(11)7-8-2-1-3-8/h4-6,8H,1-3,7H2,(H,14,16). The van der Waals surface area contributed by atoms with Crippen LogP contribution in [-0.4, -0.2) is 9.55 Å². The molecule has 1 N–H and O–H groups in total. The summed E-state index contributed by atoms with van der Waals surface area (Å²) in [7, 11) is 0. The first-order valence-corrected chi connectivity index (χ1v) is 6.41. The molecular weight excluding hydrogens is 268 g/mol. The molecule has 3 nitrogen and oxygen atoms in total. The van der Waals surface area contributed by atoms with Gasteiger partial charge in [0, 0.05) is 11.0 Å². The summed E-state index contributed by atoms with van der Waals surface area (Å²) in [6.07, 6.45) is 3.83. The van der Waals surface area contributed by atoms with E-state index in [9.17, 15) is 4.79 Å². The molecule has 0 saturated heterocycles. The topological polar surface area (TPSA) is 37.8 Å². The molecule has 0 atom stereocenters. The van der Waals surface area contributed by atoms with Gasteiger partial charge in [0.1, 0.15) is 0 Å². The monoisotopic (exact) mass is 280 g/mol. The highest BCUT2D eigenvalue weighted by Gasteiger charge is 2.19. The van der Waals surface area contributed by atoms with Crippen molar-refractivity contribution in [2.75, 3.05) is 0 Å². The average Bonchev–Trinajstić information content (AvgIpc) is 2.47. The molecule has 1 saturated carbocycles. The van der Waals surface area contributed by atoms with Crippen molar-refractivity contribution in [3.63, 3.8) is 0 Å². The number of hydrogen-bond acceptors (Lipinski definition) is 1. The normalized spacial score (nSPS) is 16.6. The lowest BCUT2D eigenvalue weighted by Gasteiger charge is -2.25. The van der Waals surface area contributed by atoms with Gasteiger partial charge in [-0.15, -0.1) is 0 Å². The SMILES string of the molecule is O=c1[nH]c2cc(Br)ccc2n1CC1CCC1. The minimum absolute atomic E-state index is 0.0139. The molecule has 3 rings (SSSR count). The van der Waals surface area contributed by atoms with Crippen LogP contribution in [0.5, 0.6) is 0 Å². The Morgan fingerprint density at radius 3 is 2.94 bits per heavy atom. The zero-order valence-corrected chi connectivity index (χ0v) is 10.5. The van der Waals surface area contributed by atoms with E-state index in [1.165, 1.54) is 19.3 Å². The Hall–Kier alpha value is -1.03. The molecule has 0 aliphatic heterocycles. The van der Waals surface area contributed by atoms with Crippen molar-refractivity contribution in [1.82, 2.24) is 9.55 Å². The third kappa shape index (κ3) is 1.61. The second kappa shape index (κ2) is 3.77. The van der Waals surface area contributed by atoms with Crippen molar-refractivity contribution in [3.05, 3.63) is 33.2 Å². The number of nitrogens with one attached hydrogen (secondary N) is 1. The number of fused-ring (bicyclic) bond motifs is 1. The molecule has 0 amide bonds. The zero-order valence-electron chi connectivity index (χ0n) is 8.87. The van der Waals surface area contributed by atoms with Gasteiger partial charge in [-0.3, -0.25) is 4.57 Å². The summed E-state index contributed by atoms with van der Waals surface area (Å²) >= 11 is 3.41. The van der Waals surface area contributed by atoms with Gasteiger partial charge in [-0.2, -0.15) is 0 Å². The van der Waals surface area contributed by atoms with Crippen LogP contribution in [0.4, 0.5) is 0 Å². The second-order valence-electron chi connectivity index (χ2n) is 4.50. The first-order valence-electron chi connectivity index (χ1n) is 5.62. The van der Waals surface area contributed by atoms with Crippen molar-refractivity contribution in [3.8, 4) is 0 Å². The third-order valence-electron chi connectivity index (χ3n) is 3.40. The third-order valence-corrected chi connectivity index (χ3v) is 3.89. The van der Waals surface area contributed by atoms with Gasteiger partial charge in [-0.25, -0.2) is 4.79 Å². The number of aromatic nitrogens is 2. The van der Waals surface area contributed by atoms with Gasteiger partial charge in [-0.05, 0) is 37.0 Å². The maximum Gasteiger partial charge on any atom is 0.326 e. The minimum atomic E-state index is 0.0139. The summed E-state index contributed by atoms with van der Waals surface area (Å²) in [5.74, 6) is 0.695. The molecule has 2 aromatic rings. The molecule has 1 fully saturated rings. The van der Waals surface area contributed by atoms with Crippen LogP contribution in [0.3, 0.4) is 0 Å². The molecule has 1 aromatic carbocycles. The van der Waals surface area contributed by atoms with E-state index in [0.29, 0.717) is 5.92 Å². The molecule has 1 aliphatic rings. The minimum Gasteiger partial charge on any atom is -0.305 e. The second-order valence-corrected chi connectivity index (χ2v) is 5.41. The summed E-state index contributed by atoms with van der Waals surface area (Å²) in [5, 5.41) is 0. The Morgan fingerprint density at radius 1 is 1.44 bits per heavy atom. The first-order chi connectivity index (χ1) is 7.74. The molecule has 16 heavy (non-hydrogen) atoms. The highest BCUT2D eigenvalue weighted by atomic mass is 79.9. The zero-order chi connectivity index (χ0) is 11.1. The molecule has 0 unspecified atom stereocenters. The van der Waals surface area contributed by atoms with E-state index in [1.807, 2.05) is 22.8 Å². The predicted octanol–water partition coefficient (Wildman–Crippen LogP) is 2.89. The largest absolute Gasteiger partial charge is 0.326 e. The Morgan fingerprint density at radius 2 is 2.25 bits per heavy atom. The van der Waals surface area contributed by atoms with E-state index >= 15 is 0 Å². The summed E-state index contributed by atoms with van der Waals surface area (Å²) in [6.45, 7) is 0.862. The predicted molar refractivity (Wildman–Crippen MR) is 67.6 cm³/mol. The molecular formula is C12H13BrN2O. The average molecular weight is 281 g/mol. The van der Waals surface area contributed by atoms with E-state index in [4.69, 9.17) is 0 Å². The quantitative estimate of drug-likeness (QED) is 0.903. The van der Waals surface area contributed by atoms with Gasteiger partial charge in [0.15, 0.2) is 0 Å². The van der Waals surface area contributed by atoms with Crippen LogP contribution in [0, 0.1) is 5.92 Å². The van der Waals surface area contributed by atoms with Crippen LogP contribution in [0.15, 0.2) is 27.5 Å². The summed E-state index contributed by atoms with van der Waals surface area (Å²) in [6, 6.07) is 5.93. The number of halogens is 1. The molecule has 0 bridgehead atoms. The Kier molecular flexibility index (Phi) is 2.39. The number of rotatable bonds is 2. The molecule has 1 aliphatic carbocycles. The number of H-pyrrole nitrogens is 1. The van der Waals surface area contributed by atoms with Crippen molar-refractivity contribution >= 4 is 27.0 Å². The number of hydrogen-bond donors (Lipinski definition) is 1. The molecule has 84 valence electrons. The van der Waals surface area contributed by atoms with Gasteiger partial charge in [0.05, 0.1) is 11.0 Å². The van der Waals surface area contributed by atoms with E-state index in [-0.39, 0.29) is 5.69 Å². The van der Waals surface area contributed by atoms with Crippen molar-refractivity contribution in [2.45, 2.75) is 25.8 Å². The fourth-order valence-corrected chi connectivity index (χ4v) is 2.61. The van der Waals surface area contributed by atoms with E-state index in [1.54, 1.807) is 0 Å². The highest BCUT2D eigenvalue weighted by Crippen LogP contribution is 2.28. The molecule has 1 aromatic heterocycles. The van der Waals surface area contributed by atoms with Crippen molar-refractivity contribution < 1.29 is 0 Å². The number of benzene rings is 1. The number of aromatic amines is 1. The lowest BCUT2D eigenvalue weighted by Crippen LogP contribution is -2.25. The maximum absolute atomic E-state index is 11.8. The summed E-state index contributed by atoms with van der Waals surface area (Å²) in [5.41, 5.74) is 1.94. The molecule has 0 radical (unpaired) electrons. The molecule has 0 spiro atoms. The van der Waals surface area contributed by atoms with Crippen LogP contribution in [0.2, 0.25) is 0 Å². The maximum atomic E-state index is 11.8. The van der Waals surface area contributed by atoms with E-state index in [2.05, 4.69) is 20.9 Å². The van der Waals surface area contributed by atoms with E-state index < -0.39 is 0 Å². The van der Waals surface area contributed by atoms with Gasteiger partial charge in [0.2, 0.25) is 0 Å². The van der Waals surface area contributed by atoms with Crippen molar-refractivity contribution in [2.24, 2.45) is 5.92 Å².